The number of anilines is 1. The summed E-state index contributed by atoms with van der Waals surface area (Å²) in [5, 5.41) is 6.76. The first-order chi connectivity index (χ1) is 12.5. The van der Waals surface area contributed by atoms with E-state index in [1.54, 1.807) is 31.4 Å². The van der Waals surface area contributed by atoms with Crippen molar-refractivity contribution in [2.24, 2.45) is 0 Å². The summed E-state index contributed by atoms with van der Waals surface area (Å²) in [6.45, 7) is -0.278. The highest BCUT2D eigenvalue weighted by Crippen LogP contribution is 2.19. The van der Waals surface area contributed by atoms with Gasteiger partial charge in [-0.15, -0.1) is 0 Å². The minimum absolute atomic E-state index is 0.278. The highest BCUT2D eigenvalue weighted by atomic mass is 19.1. The molecule has 1 amide bonds. The van der Waals surface area contributed by atoms with Gasteiger partial charge in [-0.1, -0.05) is 6.07 Å². The monoisotopic (exact) mass is 353 g/mol. The van der Waals surface area contributed by atoms with Crippen LogP contribution < -0.4 is 15.6 Å². The Morgan fingerprint density at radius 1 is 1.15 bits per heavy atom. The Balaban J connectivity index is 1.79. The Morgan fingerprint density at radius 3 is 2.62 bits per heavy atom. The number of hydrogen-bond acceptors (Lipinski definition) is 4. The van der Waals surface area contributed by atoms with Gasteiger partial charge in [0, 0.05) is 17.3 Å². The number of nitrogens with zero attached hydrogens (tertiary/aromatic N) is 2. The topological polar surface area (TPSA) is 73.2 Å². The lowest BCUT2D eigenvalue weighted by Gasteiger charge is -2.09. The number of carbonyl (C=O) groups excluding carboxylic acids is 1. The molecule has 0 saturated heterocycles. The maximum Gasteiger partial charge on any atom is 0.267 e. The van der Waals surface area contributed by atoms with Crippen molar-refractivity contribution < 1.29 is 13.9 Å². The first-order valence-corrected chi connectivity index (χ1v) is 7.83. The fourth-order valence-corrected chi connectivity index (χ4v) is 2.38. The predicted octanol–water partition coefficient (Wildman–Crippen LogP) is 2.70. The normalized spacial score (nSPS) is 10.4. The van der Waals surface area contributed by atoms with Crippen molar-refractivity contribution in [1.29, 1.82) is 0 Å². The quantitative estimate of drug-likeness (QED) is 0.765. The van der Waals surface area contributed by atoms with E-state index in [4.69, 9.17) is 4.74 Å². The second-order valence-corrected chi connectivity index (χ2v) is 5.50. The van der Waals surface area contributed by atoms with Gasteiger partial charge in [0.15, 0.2) is 0 Å². The molecule has 1 heterocycles. The largest absolute Gasteiger partial charge is 0.497 e. The molecule has 0 saturated carbocycles. The van der Waals surface area contributed by atoms with Crippen LogP contribution in [-0.2, 0) is 11.3 Å². The molecule has 7 heteroatoms. The van der Waals surface area contributed by atoms with Crippen molar-refractivity contribution in [3.05, 3.63) is 76.8 Å². The van der Waals surface area contributed by atoms with Gasteiger partial charge in [0.05, 0.1) is 12.8 Å². The average molecular weight is 353 g/mol. The average Bonchev–Trinajstić information content (AvgIpc) is 2.63. The summed E-state index contributed by atoms with van der Waals surface area (Å²) in [6, 6.07) is 15.6. The Hall–Kier alpha value is -3.48. The zero-order valence-electron chi connectivity index (χ0n) is 14.0. The Morgan fingerprint density at radius 2 is 1.92 bits per heavy atom. The van der Waals surface area contributed by atoms with E-state index in [1.165, 1.54) is 24.3 Å². The van der Waals surface area contributed by atoms with Crippen LogP contribution in [0.3, 0.4) is 0 Å². The van der Waals surface area contributed by atoms with Crippen LogP contribution in [-0.4, -0.2) is 22.8 Å². The Bertz CT molecular complexity index is 984. The van der Waals surface area contributed by atoms with Crippen LogP contribution in [0, 0.1) is 5.82 Å². The predicted molar refractivity (Wildman–Crippen MR) is 95.5 cm³/mol. The number of nitrogens with one attached hydrogen (secondary N) is 1. The molecule has 0 fully saturated rings. The molecule has 6 nitrogen and oxygen atoms in total. The lowest BCUT2D eigenvalue weighted by Crippen LogP contribution is -2.29. The summed E-state index contributed by atoms with van der Waals surface area (Å²) >= 11 is 0. The third kappa shape index (κ3) is 4.13. The number of methoxy groups -OCH3 is 1. The minimum Gasteiger partial charge on any atom is -0.497 e. The van der Waals surface area contributed by atoms with E-state index >= 15 is 0 Å². The molecule has 0 aliphatic rings. The van der Waals surface area contributed by atoms with Gasteiger partial charge in [0.25, 0.3) is 5.56 Å². The number of aromatic nitrogens is 2. The third-order valence-electron chi connectivity index (χ3n) is 3.65. The van der Waals surface area contributed by atoms with Crippen molar-refractivity contribution in [2.45, 2.75) is 6.54 Å². The summed E-state index contributed by atoms with van der Waals surface area (Å²) in [5.41, 5.74) is 1.24. The lowest BCUT2D eigenvalue weighted by molar-refractivity contribution is -0.117. The van der Waals surface area contributed by atoms with E-state index in [1.807, 2.05) is 12.1 Å². The molecule has 1 aromatic heterocycles. The van der Waals surface area contributed by atoms with Crippen LogP contribution in [0.5, 0.6) is 5.75 Å². The molecule has 1 N–H and O–H groups in total. The molecule has 0 radical (unpaired) electrons. The molecule has 0 spiro atoms. The number of amides is 1. The van der Waals surface area contributed by atoms with E-state index in [-0.39, 0.29) is 6.54 Å². The van der Waals surface area contributed by atoms with Gasteiger partial charge in [-0.05, 0) is 48.5 Å². The molecule has 0 bridgehead atoms. The molecule has 0 aliphatic carbocycles. The Labute approximate surface area is 148 Å². The fraction of sp³-hybridized carbons (Fsp3) is 0.105. The molecular weight excluding hydrogens is 337 g/mol. The van der Waals surface area contributed by atoms with Gasteiger partial charge in [-0.25, -0.2) is 9.07 Å². The molecule has 0 atom stereocenters. The molecule has 132 valence electrons. The number of carbonyl (C=O) groups is 1. The molecule has 3 aromatic rings. The first-order valence-electron chi connectivity index (χ1n) is 7.83. The van der Waals surface area contributed by atoms with Gasteiger partial charge in [-0.3, -0.25) is 9.59 Å². The van der Waals surface area contributed by atoms with Crippen LogP contribution in [0.2, 0.25) is 0 Å². The number of halogens is 1. The SMILES string of the molecule is COc1ccc(-c2ccc(=O)n(CC(=O)Nc3cccc(F)c3)n2)cc1. The van der Waals surface area contributed by atoms with Crippen molar-refractivity contribution in [2.75, 3.05) is 12.4 Å². The zero-order valence-corrected chi connectivity index (χ0v) is 14.0. The zero-order chi connectivity index (χ0) is 18.5. The summed E-state index contributed by atoms with van der Waals surface area (Å²) in [5.74, 6) is -0.229. The molecular formula is C19H16FN3O3. The van der Waals surface area contributed by atoms with Gasteiger partial charge in [0.1, 0.15) is 18.1 Å². The molecule has 0 unspecified atom stereocenters. The summed E-state index contributed by atoms with van der Waals surface area (Å²) in [4.78, 5) is 24.1. The van der Waals surface area contributed by atoms with Gasteiger partial charge < -0.3 is 10.1 Å². The van der Waals surface area contributed by atoms with Crippen LogP contribution in [0.1, 0.15) is 0 Å². The second-order valence-electron chi connectivity index (χ2n) is 5.50. The molecule has 2 aromatic carbocycles. The first kappa shape index (κ1) is 17.3. The highest BCUT2D eigenvalue weighted by molar-refractivity contribution is 5.90. The summed E-state index contributed by atoms with van der Waals surface area (Å²) in [6.07, 6.45) is 0. The van der Waals surface area contributed by atoms with Crippen LogP contribution in [0.25, 0.3) is 11.3 Å². The van der Waals surface area contributed by atoms with Gasteiger partial charge in [-0.2, -0.15) is 5.10 Å². The van der Waals surface area contributed by atoms with Crippen molar-refractivity contribution in [3.63, 3.8) is 0 Å². The van der Waals surface area contributed by atoms with Crippen LogP contribution >= 0.6 is 0 Å². The fourth-order valence-electron chi connectivity index (χ4n) is 2.38. The van der Waals surface area contributed by atoms with Crippen LogP contribution in [0.15, 0.2) is 65.5 Å². The number of benzene rings is 2. The van der Waals surface area contributed by atoms with Gasteiger partial charge >= 0.3 is 0 Å². The van der Waals surface area contributed by atoms with E-state index in [2.05, 4.69) is 10.4 Å². The summed E-state index contributed by atoms with van der Waals surface area (Å²) in [7, 11) is 1.57. The minimum atomic E-state index is -0.475. The standard InChI is InChI=1S/C19H16FN3O3/c1-26-16-7-5-13(6-8-16)17-9-10-19(25)23(22-17)12-18(24)21-15-4-2-3-14(20)11-15/h2-11H,12H2,1H3,(H,21,24). The maximum absolute atomic E-state index is 13.2. The van der Waals surface area contributed by atoms with E-state index < -0.39 is 17.3 Å². The van der Waals surface area contributed by atoms with Crippen molar-refractivity contribution >= 4 is 11.6 Å². The van der Waals surface area contributed by atoms with E-state index in [0.717, 1.165) is 10.2 Å². The maximum atomic E-state index is 13.2. The molecule has 26 heavy (non-hydrogen) atoms. The number of ether oxygens (including phenoxy) is 1. The summed E-state index contributed by atoms with van der Waals surface area (Å²) < 4.78 is 19.3. The smallest absolute Gasteiger partial charge is 0.267 e. The molecule has 3 rings (SSSR count). The highest BCUT2D eigenvalue weighted by Gasteiger charge is 2.09. The molecule has 0 aliphatic heterocycles. The van der Waals surface area contributed by atoms with Gasteiger partial charge in [0.2, 0.25) is 5.91 Å². The van der Waals surface area contributed by atoms with Crippen molar-refractivity contribution in [3.8, 4) is 17.0 Å². The number of rotatable bonds is 5. The second kappa shape index (κ2) is 7.60. The van der Waals surface area contributed by atoms with E-state index in [9.17, 15) is 14.0 Å². The number of hydrogen-bond donors (Lipinski definition) is 1. The van der Waals surface area contributed by atoms with Crippen molar-refractivity contribution in [1.82, 2.24) is 9.78 Å². The van der Waals surface area contributed by atoms with E-state index in [0.29, 0.717) is 17.1 Å². The Kier molecular flexibility index (Phi) is 5.07. The van der Waals surface area contributed by atoms with Crippen LogP contribution in [0.4, 0.5) is 10.1 Å². The lowest BCUT2D eigenvalue weighted by atomic mass is 10.1. The third-order valence-corrected chi connectivity index (χ3v) is 3.65.